The molecular weight excluding hydrogens is 406 g/mol. The van der Waals surface area contributed by atoms with Crippen LogP contribution in [0.5, 0.6) is 5.75 Å². The number of hydrogen-bond donors (Lipinski definition) is 2. The molecule has 23 heavy (non-hydrogen) atoms. The number of esters is 1. The zero-order chi connectivity index (χ0) is 16.8. The normalized spacial score (nSPS) is 10.9. The zero-order valence-corrected chi connectivity index (χ0v) is 15.2. The van der Waals surface area contributed by atoms with Crippen molar-refractivity contribution in [1.82, 2.24) is 4.98 Å². The Morgan fingerprint density at radius 2 is 2.39 bits per heavy atom. The second kappa shape index (κ2) is 8.28. The SMILES string of the molecule is CCOC(=O)Cc1csc(NN=Cc2c(O)ccc(Cl)c2Br)n1. The molecule has 122 valence electrons. The van der Waals surface area contributed by atoms with E-state index in [0.29, 0.717) is 32.5 Å². The van der Waals surface area contributed by atoms with Crippen molar-refractivity contribution >= 4 is 56.2 Å². The first-order chi connectivity index (χ1) is 11.0. The fourth-order valence-electron chi connectivity index (χ4n) is 1.63. The van der Waals surface area contributed by atoms with Gasteiger partial charge >= 0.3 is 5.97 Å². The monoisotopic (exact) mass is 417 g/mol. The first kappa shape index (κ1) is 17.7. The van der Waals surface area contributed by atoms with Crippen molar-refractivity contribution in [3.63, 3.8) is 0 Å². The number of ether oxygens (including phenoxy) is 1. The number of benzene rings is 1. The summed E-state index contributed by atoms with van der Waals surface area (Å²) in [5, 5.41) is 16.6. The Labute approximate surface area is 150 Å². The Morgan fingerprint density at radius 1 is 1.61 bits per heavy atom. The lowest BCUT2D eigenvalue weighted by molar-refractivity contribution is -0.142. The highest BCUT2D eigenvalue weighted by molar-refractivity contribution is 9.10. The molecule has 2 rings (SSSR count). The van der Waals surface area contributed by atoms with Crippen LogP contribution >= 0.6 is 38.9 Å². The van der Waals surface area contributed by atoms with Crippen molar-refractivity contribution in [2.75, 3.05) is 12.0 Å². The number of halogens is 2. The number of phenols is 1. The number of hydrazone groups is 1. The van der Waals surface area contributed by atoms with E-state index in [1.54, 1.807) is 18.4 Å². The fraction of sp³-hybridized carbons (Fsp3) is 0.214. The molecule has 0 fully saturated rings. The van der Waals surface area contributed by atoms with Crippen molar-refractivity contribution in [3.05, 3.63) is 38.3 Å². The van der Waals surface area contributed by atoms with E-state index in [2.05, 4.69) is 31.4 Å². The Kier molecular flexibility index (Phi) is 6.37. The number of carbonyl (C=O) groups is 1. The van der Waals surface area contributed by atoms with E-state index in [-0.39, 0.29) is 18.1 Å². The van der Waals surface area contributed by atoms with Gasteiger partial charge < -0.3 is 9.84 Å². The summed E-state index contributed by atoms with van der Waals surface area (Å²) in [7, 11) is 0. The van der Waals surface area contributed by atoms with Crippen LogP contribution in [0.1, 0.15) is 18.2 Å². The van der Waals surface area contributed by atoms with E-state index in [4.69, 9.17) is 16.3 Å². The summed E-state index contributed by atoms with van der Waals surface area (Å²) < 4.78 is 5.41. The summed E-state index contributed by atoms with van der Waals surface area (Å²) in [6.45, 7) is 2.10. The molecule has 0 saturated carbocycles. The quantitative estimate of drug-likeness (QED) is 0.423. The number of rotatable bonds is 6. The van der Waals surface area contributed by atoms with Gasteiger partial charge in [0.05, 0.1) is 35.5 Å². The number of nitrogens with one attached hydrogen (secondary N) is 1. The maximum Gasteiger partial charge on any atom is 0.311 e. The zero-order valence-electron chi connectivity index (χ0n) is 12.0. The molecule has 1 aromatic heterocycles. The Balaban J connectivity index is 2.00. The van der Waals surface area contributed by atoms with Gasteiger partial charge in [0.15, 0.2) is 0 Å². The van der Waals surface area contributed by atoms with Crippen molar-refractivity contribution in [3.8, 4) is 5.75 Å². The minimum atomic E-state index is -0.319. The molecule has 1 aromatic carbocycles. The van der Waals surface area contributed by atoms with Gasteiger partial charge in [-0.05, 0) is 35.0 Å². The largest absolute Gasteiger partial charge is 0.507 e. The Morgan fingerprint density at radius 3 is 3.13 bits per heavy atom. The molecule has 0 atom stereocenters. The molecule has 9 heteroatoms. The molecule has 0 amide bonds. The van der Waals surface area contributed by atoms with Crippen LogP contribution in [0.2, 0.25) is 5.02 Å². The van der Waals surface area contributed by atoms with Gasteiger partial charge in [-0.15, -0.1) is 11.3 Å². The Hall–Kier alpha value is -1.64. The number of carbonyl (C=O) groups excluding carboxylic acids is 1. The summed E-state index contributed by atoms with van der Waals surface area (Å²) in [6.07, 6.45) is 1.55. The highest BCUT2D eigenvalue weighted by atomic mass is 79.9. The third kappa shape index (κ3) is 4.92. The number of aromatic hydroxyl groups is 1. The molecular formula is C14H13BrClN3O3S. The van der Waals surface area contributed by atoms with Gasteiger partial charge in [-0.2, -0.15) is 5.10 Å². The van der Waals surface area contributed by atoms with Crippen molar-refractivity contribution in [2.45, 2.75) is 13.3 Å². The van der Waals surface area contributed by atoms with E-state index < -0.39 is 0 Å². The van der Waals surface area contributed by atoms with Crippen LogP contribution in [0.25, 0.3) is 0 Å². The standard InChI is InChI=1S/C14H13BrClN3O3S/c1-2-22-12(21)5-8-7-23-14(18-8)19-17-6-9-11(20)4-3-10(16)13(9)15/h3-4,6-7,20H,2,5H2,1H3,(H,18,19). The second-order valence-electron chi connectivity index (χ2n) is 4.29. The number of phenolic OH excluding ortho intramolecular Hbond substituents is 1. The van der Waals surface area contributed by atoms with E-state index >= 15 is 0 Å². The molecule has 0 saturated heterocycles. The lowest BCUT2D eigenvalue weighted by atomic mass is 10.2. The number of anilines is 1. The van der Waals surface area contributed by atoms with Crippen LogP contribution in [0.4, 0.5) is 5.13 Å². The summed E-state index contributed by atoms with van der Waals surface area (Å²) >= 11 is 10.6. The van der Waals surface area contributed by atoms with Crippen LogP contribution in [-0.2, 0) is 16.0 Å². The number of nitrogens with zero attached hydrogens (tertiary/aromatic N) is 2. The average Bonchev–Trinajstić information content (AvgIpc) is 2.94. The van der Waals surface area contributed by atoms with Crippen molar-refractivity contribution in [2.24, 2.45) is 5.10 Å². The van der Waals surface area contributed by atoms with E-state index in [0.717, 1.165) is 0 Å². The summed E-state index contributed by atoms with van der Waals surface area (Å²) in [4.78, 5) is 15.6. The molecule has 0 unspecified atom stereocenters. The highest BCUT2D eigenvalue weighted by Crippen LogP contribution is 2.31. The molecule has 0 aliphatic carbocycles. The molecule has 0 aliphatic rings. The van der Waals surface area contributed by atoms with Gasteiger partial charge in [0.1, 0.15) is 5.75 Å². The van der Waals surface area contributed by atoms with E-state index in [1.165, 1.54) is 23.6 Å². The first-order valence-electron chi connectivity index (χ1n) is 6.57. The number of thiazole rings is 1. The van der Waals surface area contributed by atoms with Gasteiger partial charge in [-0.3, -0.25) is 10.2 Å². The Bertz CT molecular complexity index is 736. The minimum absolute atomic E-state index is 0.0500. The molecule has 0 bridgehead atoms. The third-order valence-corrected chi connectivity index (χ3v) is 4.84. The van der Waals surface area contributed by atoms with Crippen LogP contribution in [0.3, 0.4) is 0 Å². The minimum Gasteiger partial charge on any atom is -0.507 e. The average molecular weight is 419 g/mol. The molecule has 0 aliphatic heterocycles. The van der Waals surface area contributed by atoms with Crippen LogP contribution in [0.15, 0.2) is 27.1 Å². The second-order valence-corrected chi connectivity index (χ2v) is 6.35. The maximum absolute atomic E-state index is 11.4. The molecule has 1 heterocycles. The highest BCUT2D eigenvalue weighted by Gasteiger charge is 2.09. The summed E-state index contributed by atoms with van der Waals surface area (Å²) in [6, 6.07) is 3.06. The number of hydrogen-bond acceptors (Lipinski definition) is 7. The van der Waals surface area contributed by atoms with Gasteiger partial charge in [-0.1, -0.05) is 11.6 Å². The molecule has 6 nitrogen and oxygen atoms in total. The predicted molar refractivity (Wildman–Crippen MR) is 94.5 cm³/mol. The van der Waals surface area contributed by atoms with Gasteiger partial charge in [0.2, 0.25) is 5.13 Å². The first-order valence-corrected chi connectivity index (χ1v) is 8.62. The van der Waals surface area contributed by atoms with Crippen LogP contribution in [-0.4, -0.2) is 28.9 Å². The van der Waals surface area contributed by atoms with Crippen LogP contribution < -0.4 is 5.43 Å². The molecule has 0 spiro atoms. The van der Waals surface area contributed by atoms with Crippen molar-refractivity contribution in [1.29, 1.82) is 0 Å². The summed E-state index contributed by atoms with van der Waals surface area (Å²) in [5.41, 5.74) is 3.80. The van der Waals surface area contributed by atoms with Gasteiger partial charge in [0, 0.05) is 9.85 Å². The van der Waals surface area contributed by atoms with Crippen LogP contribution in [0, 0.1) is 0 Å². The third-order valence-electron chi connectivity index (χ3n) is 2.65. The number of aromatic nitrogens is 1. The topological polar surface area (TPSA) is 83.8 Å². The predicted octanol–water partition coefficient (Wildman–Crippen LogP) is 3.82. The van der Waals surface area contributed by atoms with E-state index in [9.17, 15) is 9.90 Å². The fourth-order valence-corrected chi connectivity index (χ4v) is 2.89. The molecule has 0 radical (unpaired) electrons. The molecule has 2 aromatic rings. The maximum atomic E-state index is 11.4. The smallest absolute Gasteiger partial charge is 0.311 e. The van der Waals surface area contributed by atoms with E-state index in [1.807, 2.05) is 0 Å². The van der Waals surface area contributed by atoms with Gasteiger partial charge in [0.25, 0.3) is 0 Å². The summed E-state index contributed by atoms with van der Waals surface area (Å²) in [5.74, 6) is -0.269. The lowest BCUT2D eigenvalue weighted by Crippen LogP contribution is -2.07. The lowest BCUT2D eigenvalue weighted by Gasteiger charge is -2.03. The van der Waals surface area contributed by atoms with Gasteiger partial charge in [-0.25, -0.2) is 4.98 Å². The van der Waals surface area contributed by atoms with Crippen molar-refractivity contribution < 1.29 is 14.6 Å². The molecule has 2 N–H and O–H groups in total.